The smallest absolute Gasteiger partial charge is 0.136 e. The molecule has 1 aliphatic rings. The first-order valence-electron chi connectivity index (χ1n) is 14.8. The maximum Gasteiger partial charge on any atom is 0.136 e. The summed E-state index contributed by atoms with van der Waals surface area (Å²) in [6, 6.07) is 56.7. The van der Waals surface area contributed by atoms with E-state index in [0.717, 1.165) is 22.6 Å². The molecule has 0 spiro atoms. The molecule has 0 fully saturated rings. The van der Waals surface area contributed by atoms with Gasteiger partial charge in [0.2, 0.25) is 0 Å². The molecule has 0 N–H and O–H groups in total. The second-order valence-corrected chi connectivity index (χ2v) is 11.3. The van der Waals surface area contributed by atoms with Crippen LogP contribution in [-0.4, -0.2) is 0 Å². The maximum atomic E-state index is 6.58. The first kappa shape index (κ1) is 24.0. The zero-order valence-corrected chi connectivity index (χ0v) is 23.4. The van der Waals surface area contributed by atoms with Crippen LogP contribution in [0, 0.1) is 0 Å². The van der Waals surface area contributed by atoms with Crippen molar-refractivity contribution in [3.05, 3.63) is 158 Å². The molecule has 200 valence electrons. The molecule has 0 saturated heterocycles. The van der Waals surface area contributed by atoms with Crippen LogP contribution in [0.25, 0.3) is 76.8 Å². The Morgan fingerprint density at radius 3 is 1.63 bits per heavy atom. The highest BCUT2D eigenvalue weighted by Crippen LogP contribution is 2.50. The van der Waals surface area contributed by atoms with Crippen molar-refractivity contribution in [3.8, 4) is 56.0 Å². The summed E-state index contributed by atoms with van der Waals surface area (Å²) in [6.07, 6.45) is 0. The van der Waals surface area contributed by atoms with Crippen LogP contribution in [0.15, 0.2) is 158 Å². The van der Waals surface area contributed by atoms with Crippen LogP contribution in [0.3, 0.4) is 0 Å². The van der Waals surface area contributed by atoms with Crippen molar-refractivity contribution in [2.75, 3.05) is 0 Å². The van der Waals surface area contributed by atoms with Gasteiger partial charge >= 0.3 is 0 Å². The van der Waals surface area contributed by atoms with Gasteiger partial charge in [-0.2, -0.15) is 0 Å². The largest absolute Gasteiger partial charge is 0.456 e. The number of fused-ring (bicyclic) bond motifs is 4. The minimum absolute atomic E-state index is 0.906. The molecule has 0 aliphatic carbocycles. The Bertz CT molecular complexity index is 2310. The van der Waals surface area contributed by atoms with E-state index in [1.165, 1.54) is 65.7 Å². The van der Waals surface area contributed by atoms with Gasteiger partial charge < -0.3 is 4.74 Å². The minimum Gasteiger partial charge on any atom is -0.456 e. The van der Waals surface area contributed by atoms with Crippen molar-refractivity contribution in [2.24, 2.45) is 0 Å². The molecular formula is C42H26O. The summed E-state index contributed by atoms with van der Waals surface area (Å²) in [5.41, 5.74) is 9.70. The topological polar surface area (TPSA) is 9.23 Å². The molecule has 0 atom stereocenters. The first-order chi connectivity index (χ1) is 21.3. The zero-order valence-electron chi connectivity index (χ0n) is 23.4. The Balaban J connectivity index is 1.33. The van der Waals surface area contributed by atoms with Crippen LogP contribution in [0.5, 0.6) is 11.5 Å². The molecule has 43 heavy (non-hydrogen) atoms. The Morgan fingerprint density at radius 2 is 0.884 bits per heavy atom. The van der Waals surface area contributed by atoms with E-state index in [1.807, 2.05) is 6.07 Å². The van der Waals surface area contributed by atoms with Gasteiger partial charge in [-0.25, -0.2) is 0 Å². The van der Waals surface area contributed by atoms with Crippen molar-refractivity contribution in [1.29, 1.82) is 0 Å². The van der Waals surface area contributed by atoms with Crippen LogP contribution < -0.4 is 4.74 Å². The molecule has 0 unspecified atom stereocenters. The van der Waals surface area contributed by atoms with Crippen molar-refractivity contribution < 1.29 is 4.74 Å². The van der Waals surface area contributed by atoms with Gasteiger partial charge in [-0.3, -0.25) is 0 Å². The van der Waals surface area contributed by atoms with Gasteiger partial charge in [-0.1, -0.05) is 133 Å². The number of hydrogen-bond acceptors (Lipinski definition) is 1. The number of para-hydroxylation sites is 1. The quantitative estimate of drug-likeness (QED) is 0.200. The van der Waals surface area contributed by atoms with Gasteiger partial charge in [0.1, 0.15) is 11.5 Å². The van der Waals surface area contributed by atoms with Crippen LogP contribution in [-0.2, 0) is 0 Å². The molecule has 0 aromatic heterocycles. The highest BCUT2D eigenvalue weighted by atomic mass is 16.5. The summed E-state index contributed by atoms with van der Waals surface area (Å²) in [5, 5.41) is 7.33. The fraction of sp³-hybridized carbons (Fsp3) is 0. The van der Waals surface area contributed by atoms with E-state index >= 15 is 0 Å². The van der Waals surface area contributed by atoms with Crippen LogP contribution in [0.2, 0.25) is 0 Å². The standard InChI is InChI=1S/C42H26O/c1-2-12-27(13-3-1)28-14-10-15-29(24-28)40-34-18-4-6-20-36(34)41(37-21-7-5-19-35(37)40)31-25-30-16-11-22-33-32-17-8-9-23-38(32)43-39(26-31)42(30)33/h1-26H. The van der Waals surface area contributed by atoms with Crippen molar-refractivity contribution >= 4 is 32.3 Å². The molecule has 8 aromatic carbocycles. The summed E-state index contributed by atoms with van der Waals surface area (Å²) < 4.78 is 6.58. The van der Waals surface area contributed by atoms with Gasteiger partial charge in [0, 0.05) is 10.9 Å². The molecule has 1 heterocycles. The van der Waals surface area contributed by atoms with Gasteiger partial charge in [0.15, 0.2) is 0 Å². The molecule has 8 aromatic rings. The lowest BCUT2D eigenvalue weighted by molar-refractivity contribution is 0.487. The van der Waals surface area contributed by atoms with Gasteiger partial charge in [0.05, 0.1) is 0 Å². The molecule has 0 radical (unpaired) electrons. The lowest BCUT2D eigenvalue weighted by atomic mass is 9.84. The summed E-state index contributed by atoms with van der Waals surface area (Å²) in [5.74, 6) is 1.82. The predicted octanol–water partition coefficient (Wildman–Crippen LogP) is 11.9. The summed E-state index contributed by atoms with van der Waals surface area (Å²) in [7, 11) is 0. The SMILES string of the molecule is c1ccc(-c2cccc(-c3c4ccccc4c(-c4cc5c6c(cccc6c4)-c4ccccc4O5)c4ccccc34)c2)cc1. The van der Waals surface area contributed by atoms with Crippen LogP contribution >= 0.6 is 0 Å². The molecular weight excluding hydrogens is 520 g/mol. The lowest BCUT2D eigenvalue weighted by Gasteiger charge is -2.23. The number of benzene rings is 8. The molecule has 0 saturated carbocycles. The van der Waals surface area contributed by atoms with Gasteiger partial charge in [0.25, 0.3) is 0 Å². The predicted molar refractivity (Wildman–Crippen MR) is 181 cm³/mol. The lowest BCUT2D eigenvalue weighted by Crippen LogP contribution is -1.98. The summed E-state index contributed by atoms with van der Waals surface area (Å²) in [6.45, 7) is 0. The molecule has 1 nitrogen and oxygen atoms in total. The van der Waals surface area contributed by atoms with E-state index < -0.39 is 0 Å². The van der Waals surface area contributed by atoms with Crippen molar-refractivity contribution in [2.45, 2.75) is 0 Å². The fourth-order valence-electron chi connectivity index (χ4n) is 6.97. The van der Waals surface area contributed by atoms with Crippen LogP contribution in [0.1, 0.15) is 0 Å². The fourth-order valence-corrected chi connectivity index (χ4v) is 6.97. The first-order valence-corrected chi connectivity index (χ1v) is 14.8. The van der Waals surface area contributed by atoms with Crippen LogP contribution in [0.4, 0.5) is 0 Å². The third-order valence-electron chi connectivity index (χ3n) is 8.82. The van der Waals surface area contributed by atoms with Gasteiger partial charge in [-0.15, -0.1) is 0 Å². The van der Waals surface area contributed by atoms with E-state index in [1.54, 1.807) is 0 Å². The van der Waals surface area contributed by atoms with E-state index in [9.17, 15) is 0 Å². The van der Waals surface area contributed by atoms with E-state index in [2.05, 4.69) is 152 Å². The molecule has 0 bridgehead atoms. The Labute approximate surface area is 250 Å². The zero-order chi connectivity index (χ0) is 28.3. The Hall–Kier alpha value is -5.66. The van der Waals surface area contributed by atoms with Crippen molar-refractivity contribution in [3.63, 3.8) is 0 Å². The second kappa shape index (κ2) is 9.44. The Kier molecular flexibility index (Phi) is 5.27. The highest BCUT2D eigenvalue weighted by molar-refractivity contribution is 6.22. The number of ether oxygens (including phenoxy) is 1. The minimum atomic E-state index is 0.906. The van der Waals surface area contributed by atoms with E-state index in [-0.39, 0.29) is 0 Å². The second-order valence-electron chi connectivity index (χ2n) is 11.3. The Morgan fingerprint density at radius 1 is 0.326 bits per heavy atom. The van der Waals surface area contributed by atoms with E-state index in [0.29, 0.717) is 0 Å². The van der Waals surface area contributed by atoms with Crippen molar-refractivity contribution in [1.82, 2.24) is 0 Å². The summed E-state index contributed by atoms with van der Waals surface area (Å²) >= 11 is 0. The third kappa shape index (κ3) is 3.72. The monoisotopic (exact) mass is 546 g/mol. The van der Waals surface area contributed by atoms with E-state index in [4.69, 9.17) is 4.74 Å². The molecule has 1 aliphatic heterocycles. The van der Waals surface area contributed by atoms with Gasteiger partial charge in [-0.05, 0) is 90.1 Å². The molecule has 9 rings (SSSR count). The maximum absolute atomic E-state index is 6.58. The normalized spacial score (nSPS) is 11.9. The average Bonchev–Trinajstić information content (AvgIpc) is 3.07. The number of rotatable bonds is 3. The third-order valence-corrected chi connectivity index (χ3v) is 8.82. The molecule has 1 heteroatoms. The summed E-state index contributed by atoms with van der Waals surface area (Å²) in [4.78, 5) is 0. The average molecular weight is 547 g/mol. The number of hydrogen-bond donors (Lipinski definition) is 0. The highest BCUT2D eigenvalue weighted by Gasteiger charge is 2.22. The molecule has 0 amide bonds.